The Morgan fingerprint density at radius 2 is 1.80 bits per heavy atom. The molecule has 4 aromatic rings. The van der Waals surface area contributed by atoms with Crippen LogP contribution in [0.3, 0.4) is 0 Å². The van der Waals surface area contributed by atoms with E-state index < -0.39 is 0 Å². The normalized spacial score (nSPS) is 16.6. The Labute approximate surface area is 269 Å². The number of hydroxylamine groups is 1. The predicted octanol–water partition coefficient (Wildman–Crippen LogP) is 6.17. The molecule has 238 valence electrons. The average Bonchev–Trinajstić information content (AvgIpc) is 3.60. The van der Waals surface area contributed by atoms with Crippen LogP contribution >= 0.6 is 0 Å². The minimum atomic E-state index is -0.288. The van der Waals surface area contributed by atoms with Crippen LogP contribution in [0.25, 0.3) is 0 Å². The fourth-order valence-corrected chi connectivity index (χ4v) is 5.77. The highest BCUT2D eigenvalue weighted by Crippen LogP contribution is 2.40. The molecule has 0 spiro atoms. The van der Waals surface area contributed by atoms with Crippen molar-refractivity contribution in [3.63, 3.8) is 0 Å². The van der Waals surface area contributed by atoms with Gasteiger partial charge in [-0.15, -0.1) is 0 Å². The van der Waals surface area contributed by atoms with Crippen LogP contribution in [0.5, 0.6) is 17.2 Å². The Balaban J connectivity index is 1.24. The van der Waals surface area contributed by atoms with Crippen LogP contribution in [-0.4, -0.2) is 67.2 Å². The third kappa shape index (κ3) is 7.06. The van der Waals surface area contributed by atoms with E-state index in [1.807, 2.05) is 71.8 Å². The number of methoxy groups -OCH3 is 1. The highest BCUT2D eigenvalue weighted by Gasteiger charge is 2.30. The SMILES string of the molecule is C=CC(=O)Nc1cc(Nc2cc(N3OCC[C@@H]3c3cccc(Oc4ccccc4)c3)ncn2)c(OC)cc1N1CCN(CC)CC1. The topological polar surface area (TPSA) is 104 Å². The summed E-state index contributed by atoms with van der Waals surface area (Å²) in [5.41, 5.74) is 3.25. The molecule has 1 aromatic heterocycles. The Morgan fingerprint density at radius 1 is 1.00 bits per heavy atom. The van der Waals surface area contributed by atoms with Gasteiger partial charge in [-0.2, -0.15) is 0 Å². The molecule has 0 aliphatic carbocycles. The van der Waals surface area contributed by atoms with Crippen LogP contribution in [0.4, 0.5) is 28.7 Å². The number of hydrogen-bond donors (Lipinski definition) is 2. The second kappa shape index (κ2) is 14.3. The van der Waals surface area contributed by atoms with Crippen LogP contribution in [0.2, 0.25) is 0 Å². The molecule has 0 saturated carbocycles. The molecule has 0 radical (unpaired) electrons. The number of piperazine rings is 1. The van der Waals surface area contributed by atoms with Gasteiger partial charge in [0.1, 0.15) is 29.4 Å². The monoisotopic (exact) mass is 621 g/mol. The third-order valence-electron chi connectivity index (χ3n) is 8.19. The summed E-state index contributed by atoms with van der Waals surface area (Å²) in [5, 5.41) is 8.18. The summed E-state index contributed by atoms with van der Waals surface area (Å²) in [6.45, 7) is 10.9. The number of carbonyl (C=O) groups is 1. The summed E-state index contributed by atoms with van der Waals surface area (Å²) < 4.78 is 11.9. The van der Waals surface area contributed by atoms with Crippen molar-refractivity contribution in [1.82, 2.24) is 14.9 Å². The number of nitrogens with one attached hydrogen (secondary N) is 2. The molecular formula is C35H39N7O4. The first-order chi connectivity index (χ1) is 22.5. The molecule has 1 amide bonds. The fourth-order valence-electron chi connectivity index (χ4n) is 5.77. The zero-order valence-corrected chi connectivity index (χ0v) is 26.2. The van der Waals surface area contributed by atoms with Crippen molar-refractivity contribution in [1.29, 1.82) is 0 Å². The van der Waals surface area contributed by atoms with Gasteiger partial charge in [-0.05, 0) is 48.5 Å². The third-order valence-corrected chi connectivity index (χ3v) is 8.19. The Hall–Kier alpha value is -5.13. The zero-order valence-electron chi connectivity index (χ0n) is 26.2. The smallest absolute Gasteiger partial charge is 0.247 e. The summed E-state index contributed by atoms with van der Waals surface area (Å²) in [6, 6.07) is 23.3. The molecule has 46 heavy (non-hydrogen) atoms. The van der Waals surface area contributed by atoms with E-state index in [0.717, 1.165) is 61.9 Å². The summed E-state index contributed by atoms with van der Waals surface area (Å²) in [6.07, 6.45) is 3.55. The minimum Gasteiger partial charge on any atom is -0.494 e. The molecule has 0 bridgehead atoms. The fraction of sp³-hybridized carbons (Fsp3) is 0.286. The number of anilines is 5. The van der Waals surface area contributed by atoms with E-state index in [2.05, 4.69) is 50.0 Å². The van der Waals surface area contributed by atoms with E-state index in [4.69, 9.17) is 14.3 Å². The number of benzene rings is 3. The van der Waals surface area contributed by atoms with E-state index in [-0.39, 0.29) is 11.9 Å². The summed E-state index contributed by atoms with van der Waals surface area (Å²) in [4.78, 5) is 32.2. The van der Waals surface area contributed by atoms with Crippen molar-refractivity contribution in [2.24, 2.45) is 0 Å². The Morgan fingerprint density at radius 3 is 2.57 bits per heavy atom. The van der Waals surface area contributed by atoms with E-state index >= 15 is 0 Å². The van der Waals surface area contributed by atoms with Crippen molar-refractivity contribution in [2.75, 3.05) is 67.0 Å². The zero-order chi connectivity index (χ0) is 31.9. The van der Waals surface area contributed by atoms with Gasteiger partial charge < -0.3 is 29.9 Å². The summed E-state index contributed by atoms with van der Waals surface area (Å²) in [7, 11) is 1.63. The molecule has 11 heteroatoms. The predicted molar refractivity (Wildman–Crippen MR) is 180 cm³/mol. The van der Waals surface area contributed by atoms with Crippen LogP contribution < -0.4 is 30.1 Å². The van der Waals surface area contributed by atoms with Crippen LogP contribution in [0.15, 0.2) is 91.8 Å². The Kier molecular flexibility index (Phi) is 9.61. The standard InChI is InChI=1S/C35H39N7O4/c1-4-35(43)39-28-21-29(32(44-3)22-31(28)41-17-15-40(5-2)16-18-41)38-33-23-34(37-24-36-33)42-30(14-19-45-42)25-10-9-13-27(20-25)46-26-11-7-6-8-12-26/h4,6-13,20-24,30H,1,5,14-19H2,2-3H3,(H,39,43)(H,36,37,38)/t30-/m1/s1. The van der Waals surface area contributed by atoms with E-state index in [1.165, 1.54) is 12.4 Å². The number of para-hydroxylation sites is 1. The second-order valence-corrected chi connectivity index (χ2v) is 11.0. The molecular weight excluding hydrogens is 582 g/mol. The number of aromatic nitrogens is 2. The van der Waals surface area contributed by atoms with Crippen LogP contribution in [0.1, 0.15) is 24.9 Å². The largest absolute Gasteiger partial charge is 0.494 e. The Bertz CT molecular complexity index is 1660. The molecule has 1 atom stereocenters. The molecule has 11 nitrogen and oxygen atoms in total. The molecule has 2 aliphatic rings. The number of ether oxygens (including phenoxy) is 2. The van der Waals surface area contributed by atoms with Gasteiger partial charge in [0, 0.05) is 44.7 Å². The van der Waals surface area contributed by atoms with Gasteiger partial charge in [0.2, 0.25) is 5.91 Å². The molecule has 3 heterocycles. The molecule has 2 saturated heterocycles. The number of rotatable bonds is 11. The highest BCUT2D eigenvalue weighted by atomic mass is 16.7. The molecule has 0 unspecified atom stereocenters. The van der Waals surface area contributed by atoms with E-state index in [0.29, 0.717) is 35.4 Å². The molecule has 2 fully saturated rings. The lowest BCUT2D eigenvalue weighted by molar-refractivity contribution is -0.111. The van der Waals surface area contributed by atoms with E-state index in [9.17, 15) is 4.79 Å². The van der Waals surface area contributed by atoms with Gasteiger partial charge in [-0.25, -0.2) is 15.0 Å². The van der Waals surface area contributed by atoms with Crippen molar-refractivity contribution in [3.8, 4) is 17.2 Å². The number of hydrogen-bond acceptors (Lipinski definition) is 10. The van der Waals surface area contributed by atoms with Crippen molar-refractivity contribution in [3.05, 3.63) is 97.3 Å². The van der Waals surface area contributed by atoms with E-state index in [1.54, 1.807) is 7.11 Å². The maximum Gasteiger partial charge on any atom is 0.247 e. The number of likely N-dealkylation sites (N-methyl/N-ethyl adjacent to an activating group) is 1. The van der Waals surface area contributed by atoms with Gasteiger partial charge in [0.05, 0.1) is 36.8 Å². The first-order valence-corrected chi connectivity index (χ1v) is 15.5. The molecule has 3 aromatic carbocycles. The van der Waals surface area contributed by atoms with Crippen molar-refractivity contribution < 1.29 is 19.1 Å². The van der Waals surface area contributed by atoms with Gasteiger partial charge >= 0.3 is 0 Å². The summed E-state index contributed by atoms with van der Waals surface area (Å²) in [5.74, 6) is 3.02. The van der Waals surface area contributed by atoms with Crippen molar-refractivity contribution >= 4 is 34.6 Å². The minimum absolute atomic E-state index is 0.0650. The van der Waals surface area contributed by atoms with Gasteiger partial charge in [-0.3, -0.25) is 9.63 Å². The first-order valence-electron chi connectivity index (χ1n) is 15.5. The summed E-state index contributed by atoms with van der Waals surface area (Å²) >= 11 is 0. The number of nitrogens with zero attached hydrogens (tertiary/aromatic N) is 5. The average molecular weight is 622 g/mol. The van der Waals surface area contributed by atoms with Crippen molar-refractivity contribution in [2.45, 2.75) is 19.4 Å². The maximum absolute atomic E-state index is 12.4. The molecule has 2 aliphatic heterocycles. The number of carbonyl (C=O) groups excluding carboxylic acids is 1. The molecule has 6 rings (SSSR count). The van der Waals surface area contributed by atoms with Crippen LogP contribution in [0, 0.1) is 0 Å². The lowest BCUT2D eigenvalue weighted by Gasteiger charge is -2.36. The lowest BCUT2D eigenvalue weighted by atomic mass is 10.0. The highest BCUT2D eigenvalue weighted by molar-refractivity contribution is 6.02. The van der Waals surface area contributed by atoms with Gasteiger partial charge in [0.15, 0.2) is 5.82 Å². The van der Waals surface area contributed by atoms with Gasteiger partial charge in [-0.1, -0.05) is 43.8 Å². The van der Waals surface area contributed by atoms with Crippen LogP contribution in [-0.2, 0) is 9.63 Å². The van der Waals surface area contributed by atoms with Gasteiger partial charge in [0.25, 0.3) is 0 Å². The first kappa shape index (κ1) is 30.9. The molecule has 2 N–H and O–H groups in total. The number of amides is 1. The quantitative estimate of drug-likeness (QED) is 0.189. The maximum atomic E-state index is 12.4. The second-order valence-electron chi connectivity index (χ2n) is 11.0. The lowest BCUT2D eigenvalue weighted by Crippen LogP contribution is -2.46.